The summed E-state index contributed by atoms with van der Waals surface area (Å²) < 4.78 is 7.34. The summed E-state index contributed by atoms with van der Waals surface area (Å²) in [6.07, 6.45) is 1.74. The Morgan fingerprint density at radius 3 is 2.82 bits per heavy atom. The molecule has 1 aromatic carbocycles. The predicted octanol–water partition coefficient (Wildman–Crippen LogP) is 3.54. The first kappa shape index (κ1) is 22.8. The van der Waals surface area contributed by atoms with E-state index in [1.54, 1.807) is 46.9 Å². The van der Waals surface area contributed by atoms with Crippen molar-refractivity contribution in [1.29, 1.82) is 0 Å². The Labute approximate surface area is 195 Å². The van der Waals surface area contributed by atoms with Crippen molar-refractivity contribution < 1.29 is 9.21 Å². The number of carbonyl (C=O) groups excluding carboxylic acids is 1. The second-order valence-corrected chi connectivity index (χ2v) is 9.13. The first-order valence-corrected chi connectivity index (χ1v) is 11.9. The van der Waals surface area contributed by atoms with Crippen molar-refractivity contribution in [3.63, 3.8) is 0 Å². The molecule has 9 nitrogen and oxygen atoms in total. The highest BCUT2D eigenvalue weighted by molar-refractivity contribution is 7.99. The second kappa shape index (κ2) is 10.0. The summed E-state index contributed by atoms with van der Waals surface area (Å²) in [5, 5.41) is 12.6. The van der Waals surface area contributed by atoms with Gasteiger partial charge in [0.25, 0.3) is 5.91 Å². The molecule has 4 aromatic rings. The van der Waals surface area contributed by atoms with Gasteiger partial charge in [-0.25, -0.2) is 14.6 Å². The molecule has 4 rings (SSSR count). The van der Waals surface area contributed by atoms with Crippen LogP contribution >= 0.6 is 11.8 Å². The quantitative estimate of drug-likeness (QED) is 0.284. The fourth-order valence-electron chi connectivity index (χ4n) is 3.31. The largest absolute Gasteiger partial charge is 0.451 e. The topological polar surface area (TPSA) is 115 Å². The Balaban J connectivity index is 1.50. The zero-order valence-corrected chi connectivity index (χ0v) is 19.6. The highest BCUT2D eigenvalue weighted by atomic mass is 32.2. The lowest BCUT2D eigenvalue weighted by Crippen LogP contribution is -2.28. The normalized spacial score (nSPS) is 11.4. The number of aromatic nitrogens is 4. The molecule has 0 fully saturated rings. The van der Waals surface area contributed by atoms with Crippen LogP contribution < -0.4 is 16.1 Å². The molecule has 3 heterocycles. The molecule has 0 unspecified atom stereocenters. The maximum atomic E-state index is 12.6. The van der Waals surface area contributed by atoms with Gasteiger partial charge in [-0.2, -0.15) is 5.10 Å². The van der Waals surface area contributed by atoms with Crippen molar-refractivity contribution >= 4 is 45.5 Å². The van der Waals surface area contributed by atoms with Crippen LogP contribution in [0.1, 0.15) is 31.3 Å². The van der Waals surface area contributed by atoms with Gasteiger partial charge in [0.2, 0.25) is 0 Å². The highest BCUT2D eigenvalue weighted by Gasteiger charge is 2.15. The smallest absolute Gasteiger partial charge is 0.287 e. The Bertz CT molecular complexity index is 1350. The van der Waals surface area contributed by atoms with Gasteiger partial charge in [0.05, 0.1) is 23.5 Å². The lowest BCUT2D eigenvalue weighted by Gasteiger charge is -2.11. The number of para-hydroxylation sites is 1. The van der Waals surface area contributed by atoms with E-state index in [1.807, 2.05) is 0 Å². The Morgan fingerprint density at radius 1 is 1.21 bits per heavy atom. The number of anilines is 1. The number of benzene rings is 1. The van der Waals surface area contributed by atoms with Gasteiger partial charge in [-0.3, -0.25) is 9.59 Å². The zero-order chi connectivity index (χ0) is 23.4. The van der Waals surface area contributed by atoms with Gasteiger partial charge >= 0.3 is 0 Å². The molecule has 0 saturated carbocycles. The molecule has 0 saturated heterocycles. The minimum Gasteiger partial charge on any atom is -0.451 e. The van der Waals surface area contributed by atoms with E-state index in [4.69, 9.17) is 4.42 Å². The minimum absolute atomic E-state index is 0.0202. The lowest BCUT2D eigenvalue weighted by molar-refractivity contribution is 0.0925. The second-order valence-electron chi connectivity index (χ2n) is 7.89. The van der Waals surface area contributed by atoms with Crippen molar-refractivity contribution in [3.05, 3.63) is 52.5 Å². The van der Waals surface area contributed by atoms with Crippen molar-refractivity contribution in [1.82, 2.24) is 25.1 Å². The molecule has 0 bridgehead atoms. The van der Waals surface area contributed by atoms with Gasteiger partial charge in [-0.05, 0) is 23.8 Å². The molecule has 0 aliphatic heterocycles. The summed E-state index contributed by atoms with van der Waals surface area (Å²) in [6.45, 7) is 7.82. The third-order valence-corrected chi connectivity index (χ3v) is 5.62. The van der Waals surface area contributed by atoms with Gasteiger partial charge in [-0.1, -0.05) is 44.7 Å². The first-order chi connectivity index (χ1) is 16.0. The van der Waals surface area contributed by atoms with E-state index in [0.29, 0.717) is 40.8 Å². The molecule has 172 valence electrons. The summed E-state index contributed by atoms with van der Waals surface area (Å²) in [4.78, 5) is 34.1. The molecule has 3 aromatic heterocycles. The Kier molecular flexibility index (Phi) is 6.93. The average Bonchev–Trinajstić information content (AvgIpc) is 3.20. The van der Waals surface area contributed by atoms with Gasteiger partial charge in [-0.15, -0.1) is 0 Å². The summed E-state index contributed by atoms with van der Waals surface area (Å²) in [7, 11) is 0. The van der Waals surface area contributed by atoms with Crippen molar-refractivity contribution in [3.8, 4) is 0 Å². The molecule has 0 spiro atoms. The molecule has 33 heavy (non-hydrogen) atoms. The highest BCUT2D eigenvalue weighted by Crippen LogP contribution is 2.24. The Morgan fingerprint density at radius 2 is 2.03 bits per heavy atom. The van der Waals surface area contributed by atoms with Gasteiger partial charge in [0, 0.05) is 19.2 Å². The monoisotopic (exact) mass is 466 g/mol. The third-order valence-electron chi connectivity index (χ3n) is 4.89. The zero-order valence-electron chi connectivity index (χ0n) is 18.8. The SMILES string of the molecule is CCSc1nc(NCC(C)C)c2cnn(CCNC(=O)c3cc(=O)c4ccccc4o3)c2n1. The van der Waals surface area contributed by atoms with E-state index < -0.39 is 5.91 Å². The van der Waals surface area contributed by atoms with Gasteiger partial charge in [0.1, 0.15) is 11.4 Å². The number of fused-ring (bicyclic) bond motifs is 2. The predicted molar refractivity (Wildman–Crippen MR) is 130 cm³/mol. The van der Waals surface area contributed by atoms with E-state index in [0.717, 1.165) is 23.5 Å². The number of carbonyl (C=O) groups is 1. The maximum Gasteiger partial charge on any atom is 0.287 e. The number of rotatable bonds is 9. The summed E-state index contributed by atoms with van der Waals surface area (Å²) in [5.74, 6) is 1.62. The summed E-state index contributed by atoms with van der Waals surface area (Å²) in [5.41, 5.74) is 0.838. The van der Waals surface area contributed by atoms with Crippen LogP contribution in [0, 0.1) is 5.92 Å². The number of amides is 1. The van der Waals surface area contributed by atoms with Crippen LogP contribution in [0.2, 0.25) is 0 Å². The molecule has 0 aliphatic rings. The minimum atomic E-state index is -0.453. The standard InChI is InChI=1S/C23H26N6O3S/c1-4-33-23-27-20(25-12-14(2)3)16-13-26-29(21(16)28-23)10-9-24-22(31)19-11-17(30)15-7-5-6-8-18(15)32-19/h5-8,11,13-14H,4,9-10,12H2,1-3H3,(H,24,31)(H,25,27,28). The number of hydrogen-bond donors (Lipinski definition) is 2. The number of thioether (sulfide) groups is 1. The molecular weight excluding hydrogens is 440 g/mol. The molecule has 0 radical (unpaired) electrons. The molecule has 10 heteroatoms. The van der Waals surface area contributed by atoms with Crippen molar-refractivity contribution in [2.24, 2.45) is 5.92 Å². The van der Waals surface area contributed by atoms with Crippen LogP contribution in [-0.4, -0.2) is 44.5 Å². The third kappa shape index (κ3) is 5.16. The average molecular weight is 467 g/mol. The van der Waals surface area contributed by atoms with E-state index in [-0.39, 0.29) is 11.2 Å². The van der Waals surface area contributed by atoms with Crippen LogP contribution in [-0.2, 0) is 6.54 Å². The van der Waals surface area contributed by atoms with Crippen LogP contribution in [0.15, 0.2) is 50.9 Å². The maximum absolute atomic E-state index is 12.6. The van der Waals surface area contributed by atoms with Crippen LogP contribution in [0.4, 0.5) is 5.82 Å². The number of nitrogens with zero attached hydrogens (tertiary/aromatic N) is 4. The van der Waals surface area contributed by atoms with Gasteiger partial charge < -0.3 is 15.1 Å². The number of nitrogens with one attached hydrogen (secondary N) is 2. The fraction of sp³-hybridized carbons (Fsp3) is 0.348. The molecular formula is C23H26N6O3S. The van der Waals surface area contributed by atoms with E-state index in [2.05, 4.69) is 46.5 Å². The Hall–Kier alpha value is -3.40. The van der Waals surface area contributed by atoms with E-state index in [9.17, 15) is 9.59 Å². The molecule has 1 amide bonds. The van der Waals surface area contributed by atoms with E-state index >= 15 is 0 Å². The molecule has 0 atom stereocenters. The number of hydrogen-bond acceptors (Lipinski definition) is 8. The molecule has 2 N–H and O–H groups in total. The van der Waals surface area contributed by atoms with Crippen LogP contribution in [0.5, 0.6) is 0 Å². The summed E-state index contributed by atoms with van der Waals surface area (Å²) >= 11 is 1.56. The lowest BCUT2D eigenvalue weighted by atomic mass is 10.2. The van der Waals surface area contributed by atoms with Crippen molar-refractivity contribution in [2.45, 2.75) is 32.5 Å². The van der Waals surface area contributed by atoms with E-state index in [1.165, 1.54) is 6.07 Å². The fourth-order valence-corrected chi connectivity index (χ4v) is 3.87. The van der Waals surface area contributed by atoms with Gasteiger partial charge in [0.15, 0.2) is 22.0 Å². The van der Waals surface area contributed by atoms with Crippen LogP contribution in [0.3, 0.4) is 0 Å². The first-order valence-electron chi connectivity index (χ1n) is 10.9. The summed E-state index contributed by atoms with van der Waals surface area (Å²) in [6, 6.07) is 8.07. The van der Waals surface area contributed by atoms with Crippen molar-refractivity contribution in [2.75, 3.05) is 24.2 Å². The van der Waals surface area contributed by atoms with Crippen LogP contribution in [0.25, 0.3) is 22.0 Å². The molecule has 0 aliphatic carbocycles.